The molecule has 21 heavy (non-hydrogen) atoms. The van der Waals surface area contributed by atoms with E-state index in [1.54, 1.807) is 0 Å². The Bertz CT molecular complexity index is 786. The van der Waals surface area contributed by atoms with Gasteiger partial charge in [-0.2, -0.15) is 0 Å². The number of benzene rings is 1. The van der Waals surface area contributed by atoms with Crippen molar-refractivity contribution < 1.29 is 0 Å². The molecule has 3 aromatic rings. The van der Waals surface area contributed by atoms with Gasteiger partial charge in [0.2, 0.25) is 0 Å². The zero-order chi connectivity index (χ0) is 14.7. The Labute approximate surface area is 126 Å². The molecule has 3 rings (SSSR count). The lowest BCUT2D eigenvalue weighted by molar-refractivity contribution is 0.594. The van der Waals surface area contributed by atoms with E-state index in [-0.39, 0.29) is 4.87 Å². The van der Waals surface area contributed by atoms with Crippen molar-refractivity contribution in [3.63, 3.8) is 0 Å². The van der Waals surface area contributed by atoms with Gasteiger partial charge >= 0.3 is 4.87 Å². The van der Waals surface area contributed by atoms with Crippen LogP contribution in [0.5, 0.6) is 0 Å². The molecule has 0 aliphatic rings. The number of para-hydroxylation sites is 2. The minimum Gasteiger partial charge on any atom is -0.327 e. The number of nitrogens with zero attached hydrogens (tertiary/aromatic N) is 2. The smallest absolute Gasteiger partial charge is 0.304 e. The van der Waals surface area contributed by atoms with Gasteiger partial charge in [0.1, 0.15) is 5.82 Å². The van der Waals surface area contributed by atoms with E-state index in [1.807, 2.05) is 23.6 Å². The van der Waals surface area contributed by atoms with Gasteiger partial charge in [0, 0.05) is 24.2 Å². The third kappa shape index (κ3) is 3.06. The summed E-state index contributed by atoms with van der Waals surface area (Å²) in [5.74, 6) is 1.04. The van der Waals surface area contributed by atoms with E-state index in [0.717, 1.165) is 30.0 Å². The van der Waals surface area contributed by atoms with Gasteiger partial charge in [-0.05, 0) is 18.6 Å². The second-order valence-electron chi connectivity index (χ2n) is 4.95. The van der Waals surface area contributed by atoms with Crippen LogP contribution in [0.4, 0.5) is 0 Å². The number of H-pyrrole nitrogens is 1. The molecule has 6 heteroatoms. The standard InChI is InChI=1S/C15H18N4OS/c1-2-7-19-13-6-4-3-5-12(13)18-14(19)9-16-8-11-10-21-15(20)17-11/h3-6,10,16H,2,7-9H2,1H3,(H,17,20). The lowest BCUT2D eigenvalue weighted by Gasteiger charge is -2.08. The second kappa shape index (κ2) is 6.24. The lowest BCUT2D eigenvalue weighted by atomic mass is 10.3. The van der Waals surface area contributed by atoms with Gasteiger partial charge in [0.15, 0.2) is 0 Å². The molecule has 0 saturated carbocycles. The Morgan fingerprint density at radius 3 is 2.95 bits per heavy atom. The second-order valence-corrected chi connectivity index (χ2v) is 5.79. The van der Waals surface area contributed by atoms with Gasteiger partial charge in [-0.1, -0.05) is 30.4 Å². The van der Waals surface area contributed by atoms with E-state index >= 15 is 0 Å². The third-order valence-corrected chi connectivity index (χ3v) is 4.07. The Balaban J connectivity index is 1.76. The Hall–Kier alpha value is -1.92. The monoisotopic (exact) mass is 302 g/mol. The number of imidazole rings is 1. The predicted molar refractivity (Wildman–Crippen MR) is 85.5 cm³/mol. The minimum atomic E-state index is -0.00924. The average molecular weight is 302 g/mol. The van der Waals surface area contributed by atoms with Crippen LogP contribution in [0.25, 0.3) is 11.0 Å². The summed E-state index contributed by atoms with van der Waals surface area (Å²) in [4.78, 5) is 18.6. The number of aromatic amines is 1. The quantitative estimate of drug-likeness (QED) is 0.735. The van der Waals surface area contributed by atoms with Crippen LogP contribution in [0.2, 0.25) is 0 Å². The fraction of sp³-hybridized carbons (Fsp3) is 0.333. The molecule has 110 valence electrons. The van der Waals surface area contributed by atoms with Crippen LogP contribution in [0, 0.1) is 0 Å². The summed E-state index contributed by atoms with van der Waals surface area (Å²) in [5.41, 5.74) is 3.13. The molecule has 5 nitrogen and oxygen atoms in total. The average Bonchev–Trinajstić information content (AvgIpc) is 3.04. The maximum absolute atomic E-state index is 11.1. The molecule has 0 amide bonds. The van der Waals surface area contributed by atoms with Crippen molar-refractivity contribution in [1.29, 1.82) is 0 Å². The van der Waals surface area contributed by atoms with Crippen molar-refractivity contribution in [3.8, 4) is 0 Å². The first-order valence-electron chi connectivity index (χ1n) is 7.09. The molecule has 0 aliphatic carbocycles. The van der Waals surface area contributed by atoms with Gasteiger partial charge < -0.3 is 14.9 Å². The number of thiazole rings is 1. The Kier molecular flexibility index (Phi) is 4.17. The van der Waals surface area contributed by atoms with Crippen molar-refractivity contribution in [1.82, 2.24) is 19.9 Å². The molecular formula is C15H18N4OS. The molecule has 0 atom stereocenters. The van der Waals surface area contributed by atoms with E-state index in [1.165, 1.54) is 16.9 Å². The summed E-state index contributed by atoms with van der Waals surface area (Å²) in [6.07, 6.45) is 1.07. The largest absolute Gasteiger partial charge is 0.327 e. The van der Waals surface area contributed by atoms with Gasteiger partial charge in [-0.15, -0.1) is 0 Å². The molecule has 0 radical (unpaired) electrons. The molecule has 2 heterocycles. The maximum Gasteiger partial charge on any atom is 0.304 e. The molecule has 0 saturated heterocycles. The Morgan fingerprint density at radius 1 is 1.33 bits per heavy atom. The number of rotatable bonds is 6. The van der Waals surface area contributed by atoms with Gasteiger partial charge in [-0.3, -0.25) is 4.79 Å². The highest BCUT2D eigenvalue weighted by atomic mass is 32.1. The van der Waals surface area contributed by atoms with E-state index < -0.39 is 0 Å². The first kappa shape index (κ1) is 14.0. The molecular weight excluding hydrogens is 284 g/mol. The number of hydrogen-bond acceptors (Lipinski definition) is 4. The summed E-state index contributed by atoms with van der Waals surface area (Å²) in [5, 5.41) is 5.20. The Morgan fingerprint density at radius 2 is 2.19 bits per heavy atom. The first-order chi connectivity index (χ1) is 10.3. The molecule has 1 aromatic carbocycles. The number of hydrogen-bond donors (Lipinski definition) is 2. The molecule has 0 aliphatic heterocycles. The zero-order valence-electron chi connectivity index (χ0n) is 11.9. The van der Waals surface area contributed by atoms with Gasteiger partial charge in [0.25, 0.3) is 0 Å². The van der Waals surface area contributed by atoms with Crippen molar-refractivity contribution in [2.24, 2.45) is 0 Å². The van der Waals surface area contributed by atoms with Crippen LogP contribution < -0.4 is 10.2 Å². The minimum absolute atomic E-state index is 0.00924. The van der Waals surface area contributed by atoms with Crippen LogP contribution in [0.1, 0.15) is 24.9 Å². The van der Waals surface area contributed by atoms with E-state index in [2.05, 4.69) is 27.9 Å². The van der Waals surface area contributed by atoms with Crippen LogP contribution >= 0.6 is 11.3 Å². The lowest BCUT2D eigenvalue weighted by Crippen LogP contribution is -2.17. The highest BCUT2D eigenvalue weighted by molar-refractivity contribution is 7.07. The number of nitrogens with one attached hydrogen (secondary N) is 2. The summed E-state index contributed by atoms with van der Waals surface area (Å²) in [6.45, 7) is 4.47. The summed E-state index contributed by atoms with van der Waals surface area (Å²) < 4.78 is 2.26. The van der Waals surface area contributed by atoms with E-state index in [0.29, 0.717) is 13.1 Å². The maximum atomic E-state index is 11.1. The molecule has 0 unspecified atom stereocenters. The summed E-state index contributed by atoms with van der Waals surface area (Å²) in [6, 6.07) is 8.21. The van der Waals surface area contributed by atoms with Crippen LogP contribution in [0.3, 0.4) is 0 Å². The molecule has 0 bridgehead atoms. The highest BCUT2D eigenvalue weighted by Crippen LogP contribution is 2.16. The zero-order valence-corrected chi connectivity index (χ0v) is 12.7. The molecule has 2 aromatic heterocycles. The third-order valence-electron chi connectivity index (χ3n) is 3.35. The molecule has 0 fully saturated rings. The first-order valence-corrected chi connectivity index (χ1v) is 7.97. The van der Waals surface area contributed by atoms with Crippen molar-refractivity contribution >= 4 is 22.4 Å². The van der Waals surface area contributed by atoms with Crippen molar-refractivity contribution in [3.05, 3.63) is 50.8 Å². The SMILES string of the molecule is CCCn1c(CNCc2csc(=O)[nH]2)nc2ccccc21. The topological polar surface area (TPSA) is 62.7 Å². The fourth-order valence-electron chi connectivity index (χ4n) is 2.44. The highest BCUT2D eigenvalue weighted by Gasteiger charge is 2.09. The van der Waals surface area contributed by atoms with Crippen LogP contribution in [-0.4, -0.2) is 14.5 Å². The number of fused-ring (bicyclic) bond motifs is 1. The van der Waals surface area contributed by atoms with Crippen molar-refractivity contribution in [2.45, 2.75) is 33.0 Å². The summed E-state index contributed by atoms with van der Waals surface area (Å²) in [7, 11) is 0. The van der Waals surface area contributed by atoms with Gasteiger partial charge in [0.05, 0.1) is 17.6 Å². The van der Waals surface area contributed by atoms with Crippen LogP contribution in [0.15, 0.2) is 34.4 Å². The van der Waals surface area contributed by atoms with E-state index in [9.17, 15) is 4.79 Å². The van der Waals surface area contributed by atoms with E-state index in [4.69, 9.17) is 4.98 Å². The molecule has 2 N–H and O–H groups in total. The van der Waals surface area contributed by atoms with Crippen molar-refractivity contribution in [2.75, 3.05) is 0 Å². The summed E-state index contributed by atoms with van der Waals surface area (Å²) >= 11 is 1.19. The van der Waals surface area contributed by atoms with Gasteiger partial charge in [-0.25, -0.2) is 4.98 Å². The number of aromatic nitrogens is 3. The fourth-order valence-corrected chi connectivity index (χ4v) is 3.02. The molecule has 0 spiro atoms. The number of aryl methyl sites for hydroxylation is 1. The normalized spacial score (nSPS) is 11.3. The predicted octanol–water partition coefficient (Wildman–Crippen LogP) is 2.49. The van der Waals surface area contributed by atoms with Crippen LogP contribution in [-0.2, 0) is 19.6 Å².